The lowest BCUT2D eigenvalue weighted by molar-refractivity contribution is -0.113. The molecule has 0 aliphatic carbocycles. The number of aryl methyl sites for hydroxylation is 2. The van der Waals surface area contributed by atoms with Crippen LogP contribution in [-0.2, 0) is 4.79 Å². The number of oxazole rings is 1. The third-order valence-corrected chi connectivity index (χ3v) is 5.05. The molecule has 0 unspecified atom stereocenters. The largest absolute Gasteiger partial charge is 0.431 e. The number of carbonyl (C=O) groups is 1. The molecule has 1 amide bonds. The third-order valence-electron chi connectivity index (χ3n) is 3.71. The molecule has 6 heteroatoms. The van der Waals surface area contributed by atoms with Gasteiger partial charge < -0.3 is 9.73 Å². The summed E-state index contributed by atoms with van der Waals surface area (Å²) in [5.41, 5.74) is 4.09. The van der Waals surface area contributed by atoms with Crippen LogP contribution >= 0.6 is 27.7 Å². The number of hydrogen-bond donors (Lipinski definition) is 1. The van der Waals surface area contributed by atoms with Gasteiger partial charge in [-0.15, -0.1) is 0 Å². The molecular formula is C19H17BrN2O2S. The van der Waals surface area contributed by atoms with E-state index in [9.17, 15) is 4.79 Å². The minimum absolute atomic E-state index is 0.0875. The number of hydrogen-bond acceptors (Lipinski definition) is 4. The van der Waals surface area contributed by atoms with Crippen LogP contribution in [0.4, 0.5) is 5.69 Å². The summed E-state index contributed by atoms with van der Waals surface area (Å²) in [6.07, 6.45) is 1.67. The van der Waals surface area contributed by atoms with Gasteiger partial charge in [0, 0.05) is 15.7 Å². The molecule has 0 radical (unpaired) electrons. The smallest absolute Gasteiger partial charge is 0.256 e. The van der Waals surface area contributed by atoms with Crippen molar-refractivity contribution >= 4 is 39.3 Å². The second-order valence-electron chi connectivity index (χ2n) is 5.64. The quantitative estimate of drug-likeness (QED) is 0.561. The molecule has 25 heavy (non-hydrogen) atoms. The van der Waals surface area contributed by atoms with Crippen molar-refractivity contribution in [1.29, 1.82) is 0 Å². The summed E-state index contributed by atoms with van der Waals surface area (Å²) in [6.45, 7) is 4.07. The van der Waals surface area contributed by atoms with Gasteiger partial charge in [0.1, 0.15) is 0 Å². The molecule has 128 valence electrons. The number of rotatable bonds is 5. The van der Waals surface area contributed by atoms with Crippen LogP contribution < -0.4 is 5.32 Å². The summed E-state index contributed by atoms with van der Waals surface area (Å²) in [5.74, 6) is 0.833. The van der Waals surface area contributed by atoms with E-state index in [0.717, 1.165) is 21.3 Å². The average Bonchev–Trinajstić information content (AvgIpc) is 3.05. The molecule has 0 saturated heterocycles. The van der Waals surface area contributed by atoms with E-state index in [1.54, 1.807) is 6.20 Å². The summed E-state index contributed by atoms with van der Waals surface area (Å²) in [7, 11) is 0. The van der Waals surface area contributed by atoms with E-state index in [1.165, 1.54) is 17.3 Å². The molecule has 0 spiro atoms. The van der Waals surface area contributed by atoms with Gasteiger partial charge in [-0.2, -0.15) is 0 Å². The van der Waals surface area contributed by atoms with Crippen molar-refractivity contribution in [3.8, 4) is 11.3 Å². The summed E-state index contributed by atoms with van der Waals surface area (Å²) in [4.78, 5) is 16.3. The van der Waals surface area contributed by atoms with Crippen molar-refractivity contribution in [3.63, 3.8) is 0 Å². The molecule has 1 heterocycles. The number of aromatic nitrogens is 1. The van der Waals surface area contributed by atoms with Gasteiger partial charge in [0.15, 0.2) is 5.76 Å². The number of halogens is 1. The average molecular weight is 417 g/mol. The van der Waals surface area contributed by atoms with Crippen molar-refractivity contribution in [3.05, 3.63) is 64.3 Å². The zero-order valence-corrected chi connectivity index (χ0v) is 16.3. The zero-order chi connectivity index (χ0) is 17.8. The second-order valence-corrected chi connectivity index (χ2v) is 7.48. The highest BCUT2D eigenvalue weighted by atomic mass is 79.9. The number of nitrogens with one attached hydrogen (secondary N) is 1. The highest BCUT2D eigenvalue weighted by Crippen LogP contribution is 2.27. The van der Waals surface area contributed by atoms with Crippen LogP contribution in [0.2, 0.25) is 0 Å². The molecular weight excluding hydrogens is 400 g/mol. The Bertz CT molecular complexity index is 908. The van der Waals surface area contributed by atoms with E-state index in [1.807, 2.05) is 56.3 Å². The molecule has 0 aliphatic heterocycles. The Kier molecular flexibility index (Phi) is 5.60. The Labute approximate surface area is 159 Å². The maximum atomic E-state index is 12.1. The lowest BCUT2D eigenvalue weighted by atomic mass is 10.1. The Hall–Kier alpha value is -2.05. The number of anilines is 1. The number of nitrogens with zero attached hydrogens (tertiary/aromatic N) is 1. The summed E-state index contributed by atoms with van der Waals surface area (Å²) >= 11 is 4.71. The maximum absolute atomic E-state index is 12.1. The zero-order valence-electron chi connectivity index (χ0n) is 13.9. The summed E-state index contributed by atoms with van der Waals surface area (Å²) in [5, 5.41) is 3.37. The molecule has 0 aliphatic rings. The Morgan fingerprint density at radius 2 is 2.04 bits per heavy atom. The normalized spacial score (nSPS) is 10.7. The monoisotopic (exact) mass is 416 g/mol. The van der Waals surface area contributed by atoms with Gasteiger partial charge in [-0.05, 0) is 49.2 Å². The van der Waals surface area contributed by atoms with Gasteiger partial charge in [0.25, 0.3) is 5.22 Å². The van der Waals surface area contributed by atoms with Crippen molar-refractivity contribution in [1.82, 2.24) is 4.98 Å². The minimum atomic E-state index is -0.0875. The molecule has 3 aromatic rings. The standard InChI is InChI=1S/C19H17BrN2O2S/c1-12-6-7-16(8-13(12)2)22-18(23)11-25-19-21-10-17(24-19)14-4-3-5-15(20)9-14/h3-10H,11H2,1-2H3,(H,22,23). The van der Waals surface area contributed by atoms with Crippen LogP contribution in [-0.4, -0.2) is 16.6 Å². The summed E-state index contributed by atoms with van der Waals surface area (Å²) in [6, 6.07) is 13.7. The lowest BCUT2D eigenvalue weighted by Crippen LogP contribution is -2.14. The SMILES string of the molecule is Cc1ccc(NC(=O)CSc2ncc(-c3cccc(Br)c3)o2)cc1C. The first-order chi connectivity index (χ1) is 12.0. The summed E-state index contributed by atoms with van der Waals surface area (Å²) < 4.78 is 6.69. The van der Waals surface area contributed by atoms with Gasteiger partial charge >= 0.3 is 0 Å². The topological polar surface area (TPSA) is 55.1 Å². The molecule has 1 aromatic heterocycles. The molecule has 3 rings (SSSR count). The first-order valence-corrected chi connectivity index (χ1v) is 9.51. The molecule has 1 N–H and O–H groups in total. The Morgan fingerprint density at radius 1 is 1.20 bits per heavy atom. The predicted molar refractivity (Wildman–Crippen MR) is 105 cm³/mol. The first kappa shape index (κ1) is 17.8. The molecule has 4 nitrogen and oxygen atoms in total. The van der Waals surface area contributed by atoms with E-state index in [4.69, 9.17) is 4.42 Å². The van der Waals surface area contributed by atoms with E-state index in [-0.39, 0.29) is 11.7 Å². The minimum Gasteiger partial charge on any atom is -0.431 e. The van der Waals surface area contributed by atoms with E-state index < -0.39 is 0 Å². The van der Waals surface area contributed by atoms with Gasteiger partial charge in [-0.1, -0.05) is 45.9 Å². The van der Waals surface area contributed by atoms with Crippen molar-refractivity contribution in [2.75, 3.05) is 11.1 Å². The third kappa shape index (κ3) is 4.74. The van der Waals surface area contributed by atoms with Crippen LogP contribution in [0.3, 0.4) is 0 Å². The van der Waals surface area contributed by atoms with Gasteiger partial charge in [0.05, 0.1) is 11.9 Å². The van der Waals surface area contributed by atoms with Crippen LogP contribution in [0.15, 0.2) is 62.8 Å². The highest BCUT2D eigenvalue weighted by Gasteiger charge is 2.10. The number of benzene rings is 2. The van der Waals surface area contributed by atoms with Gasteiger partial charge in [0.2, 0.25) is 5.91 Å². The Morgan fingerprint density at radius 3 is 2.80 bits per heavy atom. The van der Waals surface area contributed by atoms with Crippen molar-refractivity contribution < 1.29 is 9.21 Å². The highest BCUT2D eigenvalue weighted by molar-refractivity contribution is 9.10. The van der Waals surface area contributed by atoms with Crippen LogP contribution in [0.1, 0.15) is 11.1 Å². The van der Waals surface area contributed by atoms with E-state index in [2.05, 4.69) is 26.2 Å². The molecule has 0 atom stereocenters. The molecule has 2 aromatic carbocycles. The lowest BCUT2D eigenvalue weighted by Gasteiger charge is -2.06. The number of amides is 1. The fraction of sp³-hybridized carbons (Fsp3) is 0.158. The van der Waals surface area contributed by atoms with Gasteiger partial charge in [-0.3, -0.25) is 4.79 Å². The fourth-order valence-corrected chi connectivity index (χ4v) is 3.25. The Balaban J connectivity index is 1.58. The van der Waals surface area contributed by atoms with E-state index in [0.29, 0.717) is 11.0 Å². The molecule has 0 bridgehead atoms. The second kappa shape index (κ2) is 7.89. The number of carbonyl (C=O) groups excluding carboxylic acids is 1. The van der Waals surface area contributed by atoms with Crippen LogP contribution in [0.25, 0.3) is 11.3 Å². The molecule has 0 fully saturated rings. The van der Waals surface area contributed by atoms with E-state index >= 15 is 0 Å². The van der Waals surface area contributed by atoms with Crippen LogP contribution in [0.5, 0.6) is 0 Å². The maximum Gasteiger partial charge on any atom is 0.256 e. The predicted octanol–water partition coefficient (Wildman–Crippen LogP) is 5.45. The van der Waals surface area contributed by atoms with Crippen LogP contribution in [0, 0.1) is 13.8 Å². The van der Waals surface area contributed by atoms with Gasteiger partial charge in [-0.25, -0.2) is 4.98 Å². The number of thioether (sulfide) groups is 1. The first-order valence-electron chi connectivity index (χ1n) is 7.73. The molecule has 0 saturated carbocycles. The van der Waals surface area contributed by atoms with Crippen molar-refractivity contribution in [2.24, 2.45) is 0 Å². The van der Waals surface area contributed by atoms with Crippen molar-refractivity contribution in [2.45, 2.75) is 19.1 Å². The fourth-order valence-electron chi connectivity index (χ4n) is 2.24.